The summed E-state index contributed by atoms with van der Waals surface area (Å²) < 4.78 is 8.92. The number of carbonyl (C=O) groups is 3. The minimum Gasteiger partial charge on any atom is -0.481 e. The fourth-order valence-corrected chi connectivity index (χ4v) is 18.1. The van der Waals surface area contributed by atoms with Crippen LogP contribution in [0.15, 0.2) is 48.7 Å². The van der Waals surface area contributed by atoms with E-state index < -0.39 is 17.3 Å². The zero-order valence-corrected chi connectivity index (χ0v) is 41.9. The highest BCUT2D eigenvalue weighted by Crippen LogP contribution is 2.78. The number of carboxylic acids is 1. The van der Waals surface area contributed by atoms with Crippen molar-refractivity contribution < 1.29 is 24.2 Å². The molecule has 1 N–H and O–H groups in total. The van der Waals surface area contributed by atoms with Gasteiger partial charge < -0.3 is 24.2 Å². The molecule has 13 atom stereocenters. The number of carbonyl (C=O) groups excluding carboxylic acids is 2. The number of carboxylic acid groups (broad SMARTS) is 1. The van der Waals surface area contributed by atoms with Crippen LogP contribution in [-0.4, -0.2) is 74.6 Å². The van der Waals surface area contributed by atoms with E-state index in [1.165, 1.54) is 37.9 Å². The Balaban J connectivity index is 0.913. The van der Waals surface area contributed by atoms with E-state index in [1.807, 2.05) is 13.8 Å². The molecule has 0 bridgehead atoms. The van der Waals surface area contributed by atoms with Gasteiger partial charge in [0.15, 0.2) is 0 Å². The number of esters is 1. The maximum absolute atomic E-state index is 16.0. The van der Waals surface area contributed by atoms with Gasteiger partial charge >= 0.3 is 11.9 Å². The van der Waals surface area contributed by atoms with Crippen molar-refractivity contribution in [1.82, 2.24) is 19.4 Å². The smallest absolute Gasteiger partial charge is 0.309 e. The third kappa shape index (κ3) is 6.81. The van der Waals surface area contributed by atoms with E-state index >= 15 is 4.79 Å². The van der Waals surface area contributed by atoms with E-state index in [2.05, 4.69) is 99.0 Å². The van der Waals surface area contributed by atoms with E-state index in [-0.39, 0.29) is 51.1 Å². The summed E-state index contributed by atoms with van der Waals surface area (Å²) >= 11 is 0. The molecule has 0 spiro atoms. The lowest BCUT2D eigenvalue weighted by Crippen LogP contribution is -2.67. The minimum absolute atomic E-state index is 0.0103. The quantitative estimate of drug-likeness (QED) is 0.187. The predicted octanol–water partition coefficient (Wildman–Crippen LogP) is 11.6. The normalized spacial score (nSPS) is 41.2. The van der Waals surface area contributed by atoms with Gasteiger partial charge in [0.2, 0.25) is 5.91 Å². The fourth-order valence-electron chi connectivity index (χ4n) is 18.1. The van der Waals surface area contributed by atoms with Crippen LogP contribution in [0.4, 0.5) is 0 Å². The van der Waals surface area contributed by atoms with Crippen LogP contribution in [-0.2, 0) is 25.7 Å². The van der Waals surface area contributed by atoms with E-state index in [0.717, 1.165) is 107 Å². The molecule has 2 aromatic rings. The van der Waals surface area contributed by atoms with Crippen molar-refractivity contribution in [3.8, 4) is 11.3 Å². The first-order valence-electron chi connectivity index (χ1n) is 26.5. The predicted molar refractivity (Wildman–Crippen MR) is 259 cm³/mol. The van der Waals surface area contributed by atoms with Crippen LogP contribution in [0.3, 0.4) is 0 Å². The Labute approximate surface area is 396 Å². The molecule has 1 aromatic heterocycles. The summed E-state index contributed by atoms with van der Waals surface area (Å²) in [5.41, 5.74) is 2.59. The molecular weight excluding hydrogens is 821 g/mol. The highest BCUT2D eigenvalue weighted by molar-refractivity contribution is 5.85. The summed E-state index contributed by atoms with van der Waals surface area (Å²) in [6.07, 6.45) is 17.6. The summed E-state index contributed by atoms with van der Waals surface area (Å²) in [7, 11) is 0. The van der Waals surface area contributed by atoms with Gasteiger partial charge in [0, 0.05) is 36.8 Å². The molecular formula is C57H82N4O5. The number of hydrogen-bond acceptors (Lipinski definition) is 6. The summed E-state index contributed by atoms with van der Waals surface area (Å²) in [4.78, 5) is 52.0. The Kier molecular flexibility index (Phi) is 11.4. The standard InChI is InChI=1S/C57H82N4O5/c1-36(2)38-21-26-57(51(65)61-31-15-18-43(61)48-58-42(37-16-11-10-12-17-37)35-60(48)33-32-59-29-13-14-30-59)28-27-55(8)39(47(38)57)19-20-45-54(7)24-23-46(53(5,6)44(54)22-25-56(45,55)9)66-50(64)41-34-40(49(62)63)52(41,3)4/h10-12,16-17,35,38-41,43-47H,1,13-15,18-34H2,2-9H3,(H,62,63)/t38-,39+,40-,41+,43-,44-,45+,46-,47+,54-,55+,56+,57-/m0/s1. The van der Waals surface area contributed by atoms with Gasteiger partial charge in [-0.25, -0.2) is 4.98 Å². The van der Waals surface area contributed by atoms with Crippen molar-refractivity contribution >= 4 is 17.8 Å². The maximum Gasteiger partial charge on any atom is 0.309 e. The van der Waals surface area contributed by atoms with Gasteiger partial charge in [-0.15, -0.1) is 0 Å². The first-order chi connectivity index (χ1) is 31.3. The molecule has 1 amide bonds. The lowest BCUT2D eigenvalue weighted by molar-refractivity contribution is -0.251. The molecule has 6 aliphatic carbocycles. The number of nitrogens with zero attached hydrogens (tertiary/aromatic N) is 4. The lowest BCUT2D eigenvalue weighted by atomic mass is 9.32. The average molecular weight is 903 g/mol. The Morgan fingerprint density at radius 3 is 2.21 bits per heavy atom. The number of imidazole rings is 1. The van der Waals surface area contributed by atoms with E-state index in [0.29, 0.717) is 41.9 Å². The molecule has 8 aliphatic rings. The van der Waals surface area contributed by atoms with Crippen LogP contribution in [0.2, 0.25) is 0 Å². The largest absolute Gasteiger partial charge is 0.481 e. The van der Waals surface area contributed by atoms with Gasteiger partial charge in [-0.2, -0.15) is 0 Å². The molecule has 2 saturated heterocycles. The second-order valence-corrected chi connectivity index (χ2v) is 25.4. The lowest BCUT2D eigenvalue weighted by Gasteiger charge is -2.73. The summed E-state index contributed by atoms with van der Waals surface area (Å²) in [5.74, 6) is 1.69. The number of benzene rings is 1. The number of allylic oxidation sites excluding steroid dienone is 1. The third-order valence-electron chi connectivity index (χ3n) is 22.1. The first kappa shape index (κ1) is 46.3. The van der Waals surface area contributed by atoms with Crippen LogP contribution in [0.25, 0.3) is 11.3 Å². The number of hydrogen-bond donors (Lipinski definition) is 1. The van der Waals surface area contributed by atoms with Crippen LogP contribution in [0.1, 0.15) is 164 Å². The van der Waals surface area contributed by atoms with Crippen molar-refractivity contribution in [3.05, 3.63) is 54.5 Å². The maximum atomic E-state index is 16.0. The van der Waals surface area contributed by atoms with Gasteiger partial charge in [0.25, 0.3) is 0 Å². The van der Waals surface area contributed by atoms with Gasteiger partial charge in [0.1, 0.15) is 11.9 Å². The van der Waals surface area contributed by atoms with Gasteiger partial charge in [0.05, 0.1) is 29.0 Å². The Bertz CT molecular complexity index is 2230. The number of aliphatic carboxylic acids is 1. The SMILES string of the molecule is C=C(C)[C@@H]1CC[C@]2(C(=O)N3CCC[C@H]3c3nc(-c4ccccc4)cn3CCN3CCCC3)CC[C@]3(C)[C@H](CC[C@@H]4[C@@]5(C)CC[C@H](OC(=O)[C@H]6C[C@@H](C(=O)O)C6(C)C)C(C)(C)[C@@H]5CC[C@]43C)[C@@H]12. The van der Waals surface area contributed by atoms with Crippen molar-refractivity contribution in [1.29, 1.82) is 0 Å². The monoisotopic (exact) mass is 903 g/mol. The first-order valence-corrected chi connectivity index (χ1v) is 26.5. The molecule has 0 unspecified atom stereocenters. The van der Waals surface area contributed by atoms with Crippen LogP contribution in [0.5, 0.6) is 0 Å². The second-order valence-electron chi connectivity index (χ2n) is 25.4. The van der Waals surface area contributed by atoms with Crippen molar-refractivity contribution in [2.45, 2.75) is 170 Å². The third-order valence-corrected chi connectivity index (χ3v) is 22.1. The molecule has 3 heterocycles. The zero-order valence-electron chi connectivity index (χ0n) is 41.9. The zero-order chi connectivity index (χ0) is 46.8. The van der Waals surface area contributed by atoms with E-state index in [4.69, 9.17) is 9.72 Å². The van der Waals surface area contributed by atoms with Crippen molar-refractivity contribution in [3.63, 3.8) is 0 Å². The molecule has 9 heteroatoms. The fraction of sp³-hybridized carbons (Fsp3) is 0.754. The van der Waals surface area contributed by atoms with E-state index in [9.17, 15) is 14.7 Å². The average Bonchev–Trinajstić information content (AvgIpc) is 4.11. The van der Waals surface area contributed by atoms with Gasteiger partial charge in [-0.05, 0) is 168 Å². The number of ether oxygens (including phenoxy) is 1. The summed E-state index contributed by atoms with van der Waals surface area (Å²) in [6, 6.07) is 10.6. The molecule has 66 heavy (non-hydrogen) atoms. The second kappa shape index (κ2) is 16.3. The van der Waals surface area contributed by atoms with E-state index in [1.54, 1.807) is 0 Å². The van der Waals surface area contributed by atoms with Gasteiger partial charge in [-0.3, -0.25) is 14.4 Å². The Morgan fingerprint density at radius 2 is 1.52 bits per heavy atom. The van der Waals surface area contributed by atoms with Crippen LogP contribution in [0, 0.1) is 73.9 Å². The molecule has 6 saturated carbocycles. The molecule has 1 aromatic carbocycles. The highest BCUT2D eigenvalue weighted by atomic mass is 16.5. The van der Waals surface area contributed by atoms with Crippen LogP contribution < -0.4 is 0 Å². The molecule has 2 aliphatic heterocycles. The molecule has 9 nitrogen and oxygen atoms in total. The molecule has 360 valence electrons. The highest BCUT2D eigenvalue weighted by Gasteiger charge is 2.73. The Morgan fingerprint density at radius 1 is 0.773 bits per heavy atom. The summed E-state index contributed by atoms with van der Waals surface area (Å²) in [6.45, 7) is 28.5. The van der Waals surface area contributed by atoms with Crippen molar-refractivity contribution in [2.24, 2.45) is 73.9 Å². The number of likely N-dealkylation sites (tertiary alicyclic amines) is 2. The number of fused-ring (bicyclic) bond motifs is 7. The Hall–Kier alpha value is -3.46. The van der Waals surface area contributed by atoms with Gasteiger partial charge in [-0.1, -0.05) is 91.0 Å². The number of aromatic nitrogens is 2. The molecule has 0 radical (unpaired) electrons. The van der Waals surface area contributed by atoms with Crippen molar-refractivity contribution in [2.75, 3.05) is 26.2 Å². The van der Waals surface area contributed by atoms with Crippen LogP contribution >= 0.6 is 0 Å². The number of amides is 1. The summed E-state index contributed by atoms with van der Waals surface area (Å²) in [5, 5.41) is 9.75. The minimum atomic E-state index is -0.814. The molecule has 8 fully saturated rings. The molecule has 10 rings (SSSR count). The topological polar surface area (TPSA) is 105 Å². The number of rotatable bonds is 10.